The molecule has 0 fully saturated rings. The molecule has 112 valence electrons. The van der Waals surface area contributed by atoms with Crippen LogP contribution in [0.2, 0.25) is 0 Å². The minimum absolute atomic E-state index is 0.119. The van der Waals surface area contributed by atoms with Crippen molar-refractivity contribution in [2.75, 3.05) is 6.54 Å². The van der Waals surface area contributed by atoms with Crippen LogP contribution < -0.4 is 5.32 Å². The lowest BCUT2D eigenvalue weighted by Gasteiger charge is -2.41. The highest BCUT2D eigenvalue weighted by Gasteiger charge is 2.45. The molecule has 0 aromatic heterocycles. The fourth-order valence-electron chi connectivity index (χ4n) is 2.75. The number of amidine groups is 2. The molecule has 2 rings (SSSR count). The summed E-state index contributed by atoms with van der Waals surface area (Å²) in [6, 6.07) is 0. The van der Waals surface area contributed by atoms with Gasteiger partial charge in [0.1, 0.15) is 11.7 Å². The van der Waals surface area contributed by atoms with E-state index in [0.29, 0.717) is 24.6 Å². The van der Waals surface area contributed by atoms with Crippen LogP contribution in [0.5, 0.6) is 0 Å². The van der Waals surface area contributed by atoms with Crippen molar-refractivity contribution in [2.45, 2.75) is 46.3 Å². The van der Waals surface area contributed by atoms with Gasteiger partial charge in [0.25, 0.3) is 0 Å². The minimum atomic E-state index is -0.906. The van der Waals surface area contributed by atoms with Crippen molar-refractivity contribution < 1.29 is 15.0 Å². The quantitative estimate of drug-likeness (QED) is 0.696. The van der Waals surface area contributed by atoms with E-state index in [4.69, 9.17) is 0 Å². The first-order valence-electron chi connectivity index (χ1n) is 7.04. The molecule has 0 aromatic carbocycles. The molecule has 0 bridgehead atoms. The number of aliphatic hydroxyl groups excluding tert-OH is 2. The Bertz CT molecular complexity index is 470. The molecule has 0 radical (unpaired) electrons. The van der Waals surface area contributed by atoms with Crippen LogP contribution in [0, 0.1) is 17.3 Å². The van der Waals surface area contributed by atoms with Crippen molar-refractivity contribution in [1.82, 2.24) is 5.32 Å². The summed E-state index contributed by atoms with van der Waals surface area (Å²) < 4.78 is 0. The molecule has 0 spiro atoms. The highest BCUT2D eigenvalue weighted by atomic mass is 16.3. The van der Waals surface area contributed by atoms with Crippen LogP contribution in [-0.4, -0.2) is 46.5 Å². The molecule has 0 saturated carbocycles. The van der Waals surface area contributed by atoms with Crippen molar-refractivity contribution in [1.29, 1.82) is 0 Å². The Morgan fingerprint density at radius 1 is 1.35 bits per heavy atom. The molecule has 0 saturated heterocycles. The first kappa shape index (κ1) is 15.1. The smallest absolute Gasteiger partial charge is 0.236 e. The average Bonchev–Trinajstić information content (AvgIpc) is 2.38. The third kappa shape index (κ3) is 2.62. The SMILES string of the molecule is CC(C)C1=NC2=NC[C@](C)([C@@H](O)[C@H](C)O)CC2C(=O)N1. The molecular formula is C14H23N3O3. The van der Waals surface area contributed by atoms with Gasteiger partial charge in [-0.3, -0.25) is 9.79 Å². The molecule has 4 atom stereocenters. The summed E-state index contributed by atoms with van der Waals surface area (Å²) >= 11 is 0. The maximum absolute atomic E-state index is 12.2. The van der Waals surface area contributed by atoms with E-state index in [9.17, 15) is 15.0 Å². The van der Waals surface area contributed by atoms with Gasteiger partial charge in [-0.05, 0) is 13.3 Å². The maximum atomic E-state index is 12.2. The molecular weight excluding hydrogens is 258 g/mol. The van der Waals surface area contributed by atoms with Crippen molar-refractivity contribution in [3.8, 4) is 0 Å². The van der Waals surface area contributed by atoms with E-state index in [-0.39, 0.29) is 11.8 Å². The highest BCUT2D eigenvalue weighted by molar-refractivity contribution is 6.18. The largest absolute Gasteiger partial charge is 0.391 e. The molecule has 2 heterocycles. The van der Waals surface area contributed by atoms with Crippen molar-refractivity contribution in [3.05, 3.63) is 0 Å². The number of rotatable bonds is 3. The van der Waals surface area contributed by atoms with Crippen molar-refractivity contribution >= 4 is 17.6 Å². The summed E-state index contributed by atoms with van der Waals surface area (Å²) in [7, 11) is 0. The Morgan fingerprint density at radius 3 is 2.55 bits per heavy atom. The molecule has 2 aliphatic rings. The number of aliphatic hydroxyl groups is 2. The van der Waals surface area contributed by atoms with Gasteiger partial charge in [0, 0.05) is 17.9 Å². The summed E-state index contributed by atoms with van der Waals surface area (Å²) in [5.74, 6) is 0.771. The highest BCUT2D eigenvalue weighted by Crippen LogP contribution is 2.37. The minimum Gasteiger partial charge on any atom is -0.391 e. The van der Waals surface area contributed by atoms with E-state index in [2.05, 4.69) is 15.3 Å². The Kier molecular flexibility index (Phi) is 3.97. The van der Waals surface area contributed by atoms with Crippen LogP contribution in [0.3, 0.4) is 0 Å². The number of carbonyl (C=O) groups is 1. The number of carbonyl (C=O) groups excluding carboxylic acids is 1. The third-order valence-electron chi connectivity index (χ3n) is 4.10. The Labute approximate surface area is 119 Å². The van der Waals surface area contributed by atoms with E-state index in [1.54, 1.807) is 6.92 Å². The van der Waals surface area contributed by atoms with Gasteiger partial charge in [0.15, 0.2) is 0 Å². The molecule has 2 aliphatic heterocycles. The average molecular weight is 281 g/mol. The number of aliphatic imine (C=N–C) groups is 2. The van der Waals surface area contributed by atoms with Gasteiger partial charge in [0.05, 0.1) is 18.1 Å². The molecule has 3 N–H and O–H groups in total. The van der Waals surface area contributed by atoms with Gasteiger partial charge in [-0.25, -0.2) is 4.99 Å². The van der Waals surface area contributed by atoms with Crippen LogP contribution in [0.4, 0.5) is 0 Å². The van der Waals surface area contributed by atoms with Gasteiger partial charge >= 0.3 is 0 Å². The van der Waals surface area contributed by atoms with Gasteiger partial charge in [-0.15, -0.1) is 0 Å². The zero-order valence-electron chi connectivity index (χ0n) is 12.4. The van der Waals surface area contributed by atoms with Crippen LogP contribution in [0.1, 0.15) is 34.1 Å². The van der Waals surface area contributed by atoms with E-state index in [1.807, 2.05) is 20.8 Å². The summed E-state index contributed by atoms with van der Waals surface area (Å²) in [5.41, 5.74) is -0.607. The first-order chi connectivity index (χ1) is 9.24. The van der Waals surface area contributed by atoms with Crippen molar-refractivity contribution in [3.63, 3.8) is 0 Å². The molecule has 0 aliphatic carbocycles. The standard InChI is InChI=1S/C14H23N3O3/c1-7(2)11-16-12-9(13(20)17-11)5-14(4,6-15-12)10(19)8(3)18/h7-10,18-19H,5-6H2,1-4H3,(H,15,16,17,20)/t8-,9?,10-,14+/m0/s1. The number of amides is 1. The fourth-order valence-corrected chi connectivity index (χ4v) is 2.75. The summed E-state index contributed by atoms with van der Waals surface area (Å²) in [5, 5.41) is 22.5. The van der Waals surface area contributed by atoms with Gasteiger partial charge in [-0.2, -0.15) is 0 Å². The van der Waals surface area contributed by atoms with Crippen LogP contribution in [0.15, 0.2) is 9.98 Å². The molecule has 0 aromatic rings. The molecule has 1 unspecified atom stereocenters. The van der Waals surface area contributed by atoms with E-state index >= 15 is 0 Å². The number of hydrogen-bond acceptors (Lipinski definition) is 5. The van der Waals surface area contributed by atoms with Crippen molar-refractivity contribution in [2.24, 2.45) is 27.2 Å². The fraction of sp³-hybridized carbons (Fsp3) is 0.786. The zero-order chi connectivity index (χ0) is 15.1. The Balaban J connectivity index is 2.28. The zero-order valence-corrected chi connectivity index (χ0v) is 12.4. The van der Waals surface area contributed by atoms with Crippen LogP contribution in [-0.2, 0) is 4.79 Å². The first-order valence-corrected chi connectivity index (χ1v) is 7.04. The van der Waals surface area contributed by atoms with Crippen LogP contribution in [0.25, 0.3) is 0 Å². The number of hydrogen-bond donors (Lipinski definition) is 3. The summed E-state index contributed by atoms with van der Waals surface area (Å²) in [6.07, 6.45) is -1.31. The topological polar surface area (TPSA) is 94.3 Å². The second-order valence-electron chi connectivity index (χ2n) is 6.41. The van der Waals surface area contributed by atoms with Gasteiger partial charge < -0.3 is 15.5 Å². The van der Waals surface area contributed by atoms with Gasteiger partial charge in [0.2, 0.25) is 5.91 Å². The molecule has 6 heteroatoms. The Morgan fingerprint density at radius 2 is 2.00 bits per heavy atom. The lowest BCUT2D eigenvalue weighted by atomic mass is 9.72. The predicted octanol–water partition coefficient (Wildman–Crippen LogP) is 0.337. The number of nitrogens with one attached hydrogen (secondary N) is 1. The van der Waals surface area contributed by atoms with Crippen LogP contribution >= 0.6 is 0 Å². The van der Waals surface area contributed by atoms with E-state index < -0.39 is 23.5 Å². The lowest BCUT2D eigenvalue weighted by molar-refractivity contribution is -0.124. The van der Waals surface area contributed by atoms with Gasteiger partial charge in [-0.1, -0.05) is 20.8 Å². The second-order valence-corrected chi connectivity index (χ2v) is 6.41. The second kappa shape index (κ2) is 5.26. The summed E-state index contributed by atoms with van der Waals surface area (Å²) in [6.45, 7) is 7.69. The molecule has 20 heavy (non-hydrogen) atoms. The maximum Gasteiger partial charge on any atom is 0.236 e. The predicted molar refractivity (Wildman–Crippen MR) is 76.6 cm³/mol. The molecule has 6 nitrogen and oxygen atoms in total. The normalized spacial score (nSPS) is 33.0. The number of fused-ring (bicyclic) bond motifs is 1. The third-order valence-corrected chi connectivity index (χ3v) is 4.10. The van der Waals surface area contributed by atoms with E-state index in [0.717, 1.165) is 0 Å². The summed E-state index contributed by atoms with van der Waals surface area (Å²) in [4.78, 5) is 21.0. The van der Waals surface area contributed by atoms with E-state index in [1.165, 1.54) is 0 Å². The molecule has 1 amide bonds. The number of nitrogens with zero attached hydrogens (tertiary/aromatic N) is 2. The lowest BCUT2D eigenvalue weighted by Crippen LogP contribution is -2.53. The Hall–Kier alpha value is -1.27. The monoisotopic (exact) mass is 281 g/mol.